The Bertz CT molecular complexity index is 1240. The number of nitrogens with zero attached hydrogens (tertiary/aromatic N) is 3. The maximum Gasteiger partial charge on any atom is 0.219 e. The summed E-state index contributed by atoms with van der Waals surface area (Å²) in [6.07, 6.45) is 1.80. The Kier molecular flexibility index (Phi) is 6.23. The maximum absolute atomic E-state index is 12.1. The van der Waals surface area contributed by atoms with Crippen molar-refractivity contribution >= 4 is 16.8 Å². The van der Waals surface area contributed by atoms with Crippen molar-refractivity contribution in [3.05, 3.63) is 59.3 Å². The van der Waals surface area contributed by atoms with Crippen LogP contribution < -0.4 is 9.47 Å². The highest BCUT2D eigenvalue weighted by Gasteiger charge is 2.48. The number of ether oxygens (including phenoxy) is 2. The number of piperidine rings is 1. The predicted molar refractivity (Wildman–Crippen MR) is 136 cm³/mol. The summed E-state index contributed by atoms with van der Waals surface area (Å²) >= 11 is 0. The van der Waals surface area contributed by atoms with Crippen molar-refractivity contribution in [2.45, 2.75) is 37.8 Å². The molecule has 2 aromatic carbocycles. The molecule has 0 radical (unpaired) electrons. The second-order valence-corrected chi connectivity index (χ2v) is 9.94. The Morgan fingerprint density at radius 2 is 1.80 bits per heavy atom. The zero-order valence-electron chi connectivity index (χ0n) is 21.1. The minimum Gasteiger partial charge on any atom is -0.497 e. The van der Waals surface area contributed by atoms with E-state index in [1.54, 1.807) is 21.1 Å². The van der Waals surface area contributed by atoms with Gasteiger partial charge < -0.3 is 24.0 Å². The molecule has 0 aliphatic carbocycles. The van der Waals surface area contributed by atoms with Crippen LogP contribution in [-0.4, -0.2) is 65.8 Å². The molecule has 5 rings (SSSR count). The first-order valence-electron chi connectivity index (χ1n) is 12.3. The average molecular weight is 478 g/mol. The third-order valence-corrected chi connectivity index (χ3v) is 8.10. The van der Waals surface area contributed by atoms with Crippen LogP contribution in [0.2, 0.25) is 0 Å². The summed E-state index contributed by atoms with van der Waals surface area (Å²) in [6, 6.07) is 14.3. The van der Waals surface area contributed by atoms with E-state index in [-0.39, 0.29) is 24.0 Å². The highest BCUT2D eigenvalue weighted by Crippen LogP contribution is 2.50. The number of aliphatic hydroxyl groups excluding tert-OH is 1. The second-order valence-electron chi connectivity index (χ2n) is 9.94. The smallest absolute Gasteiger partial charge is 0.219 e. The Morgan fingerprint density at radius 1 is 1.09 bits per heavy atom. The molecule has 186 valence electrons. The number of carbonyl (C=O) groups excluding carboxylic acids is 1. The highest BCUT2D eigenvalue weighted by atomic mass is 16.5. The monoisotopic (exact) mass is 477 g/mol. The molecular weight excluding hydrogens is 442 g/mol. The second kappa shape index (κ2) is 9.21. The van der Waals surface area contributed by atoms with Crippen LogP contribution in [0, 0.1) is 0 Å². The minimum atomic E-state index is -0.129. The lowest BCUT2D eigenvalue weighted by Crippen LogP contribution is -2.54. The van der Waals surface area contributed by atoms with Gasteiger partial charge in [-0.15, -0.1) is 0 Å². The molecule has 1 atom stereocenters. The van der Waals surface area contributed by atoms with Gasteiger partial charge in [-0.2, -0.15) is 0 Å². The Labute approximate surface area is 206 Å². The molecule has 2 aliphatic heterocycles. The maximum atomic E-state index is 12.1. The molecule has 0 saturated carbocycles. The number of fused-ring (bicyclic) bond motifs is 4. The van der Waals surface area contributed by atoms with Crippen LogP contribution in [0.25, 0.3) is 10.9 Å². The largest absolute Gasteiger partial charge is 0.497 e. The fourth-order valence-corrected chi connectivity index (χ4v) is 6.29. The molecule has 3 aromatic rings. The normalized spacial score (nSPS) is 19.7. The van der Waals surface area contributed by atoms with Gasteiger partial charge in [-0.3, -0.25) is 9.69 Å². The van der Waals surface area contributed by atoms with Gasteiger partial charge in [0.05, 0.1) is 32.4 Å². The fourth-order valence-electron chi connectivity index (χ4n) is 6.29. The predicted octanol–water partition coefficient (Wildman–Crippen LogP) is 3.62. The van der Waals surface area contributed by atoms with Gasteiger partial charge in [0.1, 0.15) is 11.5 Å². The molecule has 1 saturated heterocycles. The molecule has 0 unspecified atom stereocenters. The van der Waals surface area contributed by atoms with E-state index in [9.17, 15) is 9.90 Å². The number of aromatic nitrogens is 1. The molecule has 1 spiro atoms. The summed E-state index contributed by atoms with van der Waals surface area (Å²) in [6.45, 7) is 4.74. The third-order valence-electron chi connectivity index (χ3n) is 8.10. The average Bonchev–Trinajstić information content (AvgIpc) is 3.17. The van der Waals surface area contributed by atoms with E-state index in [0.717, 1.165) is 55.1 Å². The molecule has 2 aliphatic rings. The Balaban J connectivity index is 1.64. The quantitative estimate of drug-likeness (QED) is 0.608. The van der Waals surface area contributed by atoms with Gasteiger partial charge in [0, 0.05) is 62.7 Å². The molecule has 7 nitrogen and oxygen atoms in total. The molecule has 7 heteroatoms. The molecule has 35 heavy (non-hydrogen) atoms. The first-order chi connectivity index (χ1) is 16.9. The SMILES string of the molecule is COc1cccc(CN2CC3(CCN(C(C)=O)CC3)c3c(n(C)c4cc(OC)ccc34)[C@@H]2CO)c1. The lowest BCUT2D eigenvalue weighted by molar-refractivity contribution is -0.130. The number of benzene rings is 2. The van der Waals surface area contributed by atoms with E-state index in [1.165, 1.54) is 16.6 Å². The highest BCUT2D eigenvalue weighted by molar-refractivity contribution is 5.88. The molecule has 1 fully saturated rings. The zero-order valence-corrected chi connectivity index (χ0v) is 21.1. The van der Waals surface area contributed by atoms with Crippen LogP contribution in [-0.2, 0) is 23.8 Å². The Morgan fingerprint density at radius 3 is 2.46 bits per heavy atom. The zero-order chi connectivity index (χ0) is 24.7. The summed E-state index contributed by atoms with van der Waals surface area (Å²) in [5.74, 6) is 1.80. The van der Waals surface area contributed by atoms with E-state index in [4.69, 9.17) is 9.47 Å². The van der Waals surface area contributed by atoms with Crippen LogP contribution in [0.4, 0.5) is 0 Å². The van der Waals surface area contributed by atoms with Gasteiger partial charge >= 0.3 is 0 Å². The molecule has 1 N–H and O–H groups in total. The van der Waals surface area contributed by atoms with Crippen LogP contribution in [0.15, 0.2) is 42.5 Å². The summed E-state index contributed by atoms with van der Waals surface area (Å²) in [4.78, 5) is 16.5. The summed E-state index contributed by atoms with van der Waals surface area (Å²) in [5, 5.41) is 11.9. The van der Waals surface area contributed by atoms with Crippen LogP contribution in [0.3, 0.4) is 0 Å². The van der Waals surface area contributed by atoms with Crippen LogP contribution >= 0.6 is 0 Å². The van der Waals surface area contributed by atoms with Crippen molar-refractivity contribution in [2.24, 2.45) is 7.05 Å². The summed E-state index contributed by atoms with van der Waals surface area (Å²) in [5.41, 5.74) is 4.68. The Hall–Kier alpha value is -3.03. The first-order valence-corrected chi connectivity index (χ1v) is 12.3. The number of hydrogen-bond acceptors (Lipinski definition) is 5. The lowest BCUT2D eigenvalue weighted by Gasteiger charge is -2.50. The van der Waals surface area contributed by atoms with E-state index in [0.29, 0.717) is 6.54 Å². The number of hydrogen-bond donors (Lipinski definition) is 1. The third kappa shape index (κ3) is 3.96. The van der Waals surface area contributed by atoms with E-state index in [2.05, 4.69) is 40.8 Å². The number of likely N-dealkylation sites (tertiary alicyclic amines) is 1. The topological polar surface area (TPSA) is 67.2 Å². The number of aliphatic hydroxyl groups is 1. The van der Waals surface area contributed by atoms with Crippen molar-refractivity contribution in [2.75, 3.05) is 40.5 Å². The van der Waals surface area contributed by atoms with Crippen LogP contribution in [0.1, 0.15) is 42.6 Å². The molecule has 0 bridgehead atoms. The number of methoxy groups -OCH3 is 2. The standard InChI is InChI=1S/C28H35N3O4/c1-19(33)30-12-10-28(11-13-30)18-31(16-20-6-5-7-21(14-20)34-3)25(17-32)27-26(28)23-9-8-22(35-4)15-24(23)29(27)2/h5-9,14-15,25,32H,10-13,16-18H2,1-4H3/t25-/m0/s1. The number of amides is 1. The van der Waals surface area contributed by atoms with Gasteiger partial charge in [0.15, 0.2) is 0 Å². The van der Waals surface area contributed by atoms with Crippen molar-refractivity contribution in [3.63, 3.8) is 0 Å². The van der Waals surface area contributed by atoms with Gasteiger partial charge in [0.25, 0.3) is 0 Å². The number of aryl methyl sites for hydroxylation is 1. The van der Waals surface area contributed by atoms with E-state index < -0.39 is 0 Å². The summed E-state index contributed by atoms with van der Waals surface area (Å²) in [7, 11) is 5.47. The van der Waals surface area contributed by atoms with Crippen molar-refractivity contribution < 1.29 is 19.4 Å². The minimum absolute atomic E-state index is 0.0356. The number of carbonyl (C=O) groups is 1. The molecular formula is C28H35N3O4. The first kappa shape index (κ1) is 23.7. The van der Waals surface area contributed by atoms with Gasteiger partial charge in [0.2, 0.25) is 5.91 Å². The number of rotatable bonds is 5. The van der Waals surface area contributed by atoms with Crippen LogP contribution in [0.5, 0.6) is 11.5 Å². The molecule has 3 heterocycles. The fraction of sp³-hybridized carbons (Fsp3) is 0.464. The van der Waals surface area contributed by atoms with Crippen molar-refractivity contribution in [1.82, 2.24) is 14.4 Å². The van der Waals surface area contributed by atoms with Gasteiger partial charge in [-0.05, 0) is 48.2 Å². The lowest BCUT2D eigenvalue weighted by atomic mass is 9.68. The summed E-state index contributed by atoms with van der Waals surface area (Å²) < 4.78 is 13.2. The van der Waals surface area contributed by atoms with Gasteiger partial charge in [-0.1, -0.05) is 12.1 Å². The van der Waals surface area contributed by atoms with Gasteiger partial charge in [-0.25, -0.2) is 0 Å². The van der Waals surface area contributed by atoms with E-state index >= 15 is 0 Å². The molecule has 1 amide bonds. The molecule has 1 aromatic heterocycles. The van der Waals surface area contributed by atoms with Crippen molar-refractivity contribution in [1.29, 1.82) is 0 Å². The van der Waals surface area contributed by atoms with E-state index in [1.807, 2.05) is 23.1 Å². The van der Waals surface area contributed by atoms with Crippen molar-refractivity contribution in [3.8, 4) is 11.5 Å².